The van der Waals surface area contributed by atoms with E-state index < -0.39 is 0 Å². The molecule has 0 amide bonds. The van der Waals surface area contributed by atoms with Crippen molar-refractivity contribution in [2.75, 3.05) is 13.6 Å². The maximum absolute atomic E-state index is 5.15. The molecule has 3 atom stereocenters. The van der Waals surface area contributed by atoms with Gasteiger partial charge in [-0.25, -0.2) is 0 Å². The fraction of sp³-hybridized carbons (Fsp3) is 0.400. The number of benzene rings is 1. The summed E-state index contributed by atoms with van der Waals surface area (Å²) in [5.74, 6) is 0.423. The fourth-order valence-electron chi connectivity index (χ4n) is 5.08. The van der Waals surface area contributed by atoms with E-state index in [2.05, 4.69) is 60.4 Å². The van der Waals surface area contributed by atoms with Crippen LogP contribution >= 0.6 is 0 Å². The van der Waals surface area contributed by atoms with E-state index in [1.807, 2.05) is 6.20 Å². The lowest BCUT2D eigenvalue weighted by Gasteiger charge is -2.46. The second-order valence-electron chi connectivity index (χ2n) is 7.23. The van der Waals surface area contributed by atoms with Crippen LogP contribution in [0.2, 0.25) is 0 Å². The summed E-state index contributed by atoms with van der Waals surface area (Å²) < 4.78 is 0. The Labute approximate surface area is 137 Å². The second-order valence-corrected chi connectivity index (χ2v) is 7.23. The Kier molecular flexibility index (Phi) is 2.64. The van der Waals surface area contributed by atoms with Crippen molar-refractivity contribution in [2.24, 2.45) is 4.99 Å². The second kappa shape index (κ2) is 4.51. The molecule has 0 saturated carbocycles. The molecule has 1 aliphatic carbocycles. The first-order valence-electron chi connectivity index (χ1n) is 8.53. The predicted molar refractivity (Wildman–Crippen MR) is 92.6 cm³/mol. The fourth-order valence-corrected chi connectivity index (χ4v) is 5.08. The number of aromatic nitrogens is 1. The maximum atomic E-state index is 5.15. The zero-order chi connectivity index (χ0) is 15.6. The topological polar surface area (TPSA) is 28.5 Å². The summed E-state index contributed by atoms with van der Waals surface area (Å²) in [6.45, 7) is 3.51. The van der Waals surface area contributed by atoms with Gasteiger partial charge in [-0.3, -0.25) is 14.9 Å². The number of hydrogen-bond donors (Lipinski definition) is 0. The molecule has 0 N–H and O–H groups in total. The summed E-state index contributed by atoms with van der Waals surface area (Å²) >= 11 is 0. The van der Waals surface area contributed by atoms with Gasteiger partial charge in [0.2, 0.25) is 0 Å². The van der Waals surface area contributed by atoms with Crippen LogP contribution in [0.15, 0.2) is 47.7 Å². The molecule has 3 aliphatic rings. The normalized spacial score (nSPS) is 31.7. The third-order valence-corrected chi connectivity index (χ3v) is 6.35. The van der Waals surface area contributed by atoms with Crippen molar-refractivity contribution in [2.45, 2.75) is 37.1 Å². The van der Waals surface area contributed by atoms with Crippen molar-refractivity contribution in [3.63, 3.8) is 0 Å². The smallest absolute Gasteiger partial charge is 0.0671 e. The average molecular weight is 303 g/mol. The van der Waals surface area contributed by atoms with Crippen molar-refractivity contribution in [1.82, 2.24) is 9.88 Å². The molecule has 3 nitrogen and oxygen atoms in total. The van der Waals surface area contributed by atoms with Crippen LogP contribution in [-0.4, -0.2) is 35.2 Å². The lowest BCUT2D eigenvalue weighted by molar-refractivity contribution is 0.229. The largest absolute Gasteiger partial charge is 0.298 e. The highest BCUT2D eigenvalue weighted by atomic mass is 15.2. The van der Waals surface area contributed by atoms with Crippen molar-refractivity contribution < 1.29 is 0 Å². The Balaban J connectivity index is 1.82. The molecule has 2 aliphatic heterocycles. The zero-order valence-electron chi connectivity index (χ0n) is 13.7. The molecule has 0 radical (unpaired) electrons. The van der Waals surface area contributed by atoms with E-state index in [0.717, 1.165) is 19.4 Å². The minimum atomic E-state index is 0.0576. The Morgan fingerprint density at radius 3 is 3.00 bits per heavy atom. The average Bonchev–Trinajstić information content (AvgIpc) is 2.90. The number of rotatable bonds is 0. The third-order valence-electron chi connectivity index (χ3n) is 6.35. The molecule has 1 unspecified atom stereocenters. The van der Waals surface area contributed by atoms with Gasteiger partial charge in [-0.2, -0.15) is 0 Å². The molecular weight excluding hydrogens is 282 g/mol. The molecule has 3 heteroatoms. The van der Waals surface area contributed by atoms with E-state index in [1.54, 1.807) is 0 Å². The van der Waals surface area contributed by atoms with Gasteiger partial charge < -0.3 is 0 Å². The molecule has 1 aromatic heterocycles. The zero-order valence-corrected chi connectivity index (χ0v) is 13.7. The molecule has 1 fully saturated rings. The van der Waals surface area contributed by atoms with Gasteiger partial charge in [0.05, 0.1) is 11.7 Å². The van der Waals surface area contributed by atoms with E-state index in [9.17, 15) is 0 Å². The maximum Gasteiger partial charge on any atom is 0.0671 e. The Hall–Kier alpha value is -2.00. The summed E-state index contributed by atoms with van der Waals surface area (Å²) in [6, 6.07) is 11.4. The van der Waals surface area contributed by atoms with Crippen LogP contribution in [-0.2, 0) is 11.8 Å². The van der Waals surface area contributed by atoms with Crippen LogP contribution in [0, 0.1) is 0 Å². The number of pyridine rings is 1. The number of nitrogens with zero attached hydrogens (tertiary/aromatic N) is 3. The van der Waals surface area contributed by atoms with Crippen LogP contribution in [0.25, 0.3) is 0 Å². The predicted octanol–water partition coefficient (Wildman–Crippen LogP) is 3.47. The summed E-state index contributed by atoms with van der Waals surface area (Å²) in [4.78, 5) is 12.1. The summed E-state index contributed by atoms with van der Waals surface area (Å²) in [7, 11) is 2.25. The number of likely N-dealkylation sites (tertiary alicyclic amines) is 1. The van der Waals surface area contributed by atoms with E-state index in [4.69, 9.17) is 4.99 Å². The summed E-state index contributed by atoms with van der Waals surface area (Å²) in [5.41, 5.74) is 6.91. The lowest BCUT2D eigenvalue weighted by atomic mass is 9.62. The van der Waals surface area contributed by atoms with Gasteiger partial charge in [0.15, 0.2) is 0 Å². The van der Waals surface area contributed by atoms with Crippen LogP contribution in [0.1, 0.15) is 36.0 Å². The molecule has 2 aromatic rings. The molecule has 3 heterocycles. The first-order valence-corrected chi connectivity index (χ1v) is 8.53. The van der Waals surface area contributed by atoms with Crippen molar-refractivity contribution in [3.05, 3.63) is 59.4 Å². The van der Waals surface area contributed by atoms with Crippen molar-refractivity contribution in [1.29, 1.82) is 0 Å². The highest BCUT2D eigenvalue weighted by molar-refractivity contribution is 6.07. The van der Waals surface area contributed by atoms with Crippen molar-refractivity contribution >= 4 is 11.4 Å². The number of hydrogen-bond acceptors (Lipinski definition) is 3. The van der Waals surface area contributed by atoms with Gasteiger partial charge in [0.1, 0.15) is 0 Å². The minimum Gasteiger partial charge on any atom is -0.298 e. The third kappa shape index (κ3) is 1.58. The van der Waals surface area contributed by atoms with Crippen LogP contribution in [0.3, 0.4) is 0 Å². The molecule has 116 valence electrons. The van der Waals surface area contributed by atoms with Crippen LogP contribution in [0.4, 0.5) is 5.69 Å². The summed E-state index contributed by atoms with van der Waals surface area (Å²) in [5, 5.41) is 0. The molecule has 5 rings (SSSR count). The van der Waals surface area contributed by atoms with E-state index >= 15 is 0 Å². The van der Waals surface area contributed by atoms with Gasteiger partial charge in [0.25, 0.3) is 0 Å². The molecule has 1 saturated heterocycles. The Morgan fingerprint density at radius 2 is 2.09 bits per heavy atom. The van der Waals surface area contributed by atoms with Gasteiger partial charge in [-0.15, -0.1) is 0 Å². The Bertz CT molecular complexity index is 825. The van der Waals surface area contributed by atoms with Gasteiger partial charge in [0, 0.05) is 23.5 Å². The quantitative estimate of drug-likeness (QED) is 0.745. The number of piperidine rings is 1. The molecule has 2 bridgehead atoms. The lowest BCUT2D eigenvalue weighted by Crippen LogP contribution is -2.55. The molecule has 23 heavy (non-hydrogen) atoms. The van der Waals surface area contributed by atoms with E-state index in [0.29, 0.717) is 12.0 Å². The SMILES string of the molecule is CC1c2cnccc2C[C@@H]2C3=Nc4ccccc4[C@]31CCN2C. The van der Waals surface area contributed by atoms with Crippen molar-refractivity contribution in [3.8, 4) is 0 Å². The van der Waals surface area contributed by atoms with Crippen LogP contribution in [0.5, 0.6) is 0 Å². The first-order chi connectivity index (χ1) is 11.2. The molecular formula is C20H21N3. The molecule has 0 spiro atoms. The van der Waals surface area contributed by atoms with Gasteiger partial charge in [-0.1, -0.05) is 25.1 Å². The Morgan fingerprint density at radius 1 is 1.22 bits per heavy atom. The monoisotopic (exact) mass is 303 g/mol. The summed E-state index contributed by atoms with van der Waals surface area (Å²) in [6.07, 6.45) is 6.22. The highest BCUT2D eigenvalue weighted by Gasteiger charge is 2.55. The van der Waals surface area contributed by atoms with Gasteiger partial charge >= 0.3 is 0 Å². The number of fused-ring (bicyclic) bond motifs is 2. The number of aliphatic imine (C=N–C) groups is 1. The minimum absolute atomic E-state index is 0.0576. The number of likely N-dealkylation sites (N-methyl/N-ethyl adjacent to an activating group) is 1. The van der Waals surface area contributed by atoms with E-state index in [-0.39, 0.29) is 5.41 Å². The molecule has 1 aromatic carbocycles. The first kappa shape index (κ1) is 13.4. The van der Waals surface area contributed by atoms with Crippen LogP contribution < -0.4 is 0 Å². The van der Waals surface area contributed by atoms with Gasteiger partial charge in [-0.05, 0) is 61.2 Å². The number of para-hydroxylation sites is 1. The highest BCUT2D eigenvalue weighted by Crippen LogP contribution is 2.55. The standard InChI is InChI=1S/C20H21N3/c1-13-15-12-21-9-7-14(15)11-18-19-20(13,8-10-23(18)2)16-5-3-4-6-17(16)22-19/h3-7,9,12-13,18H,8,10-11H2,1-2H3/t13?,18-,20-/m1/s1. The van der Waals surface area contributed by atoms with E-state index in [1.165, 1.54) is 28.1 Å².